The molecular formula is C25H28ClN5O3. The highest BCUT2D eigenvalue weighted by molar-refractivity contribution is 6.31. The molecule has 0 saturated carbocycles. The first-order valence-electron chi connectivity index (χ1n) is 10.9. The van der Waals surface area contributed by atoms with Gasteiger partial charge in [0, 0.05) is 35.6 Å². The van der Waals surface area contributed by atoms with Gasteiger partial charge < -0.3 is 10.1 Å². The average molecular weight is 482 g/mol. The normalized spacial score (nSPS) is 11.3. The minimum absolute atomic E-state index is 0.285. The zero-order chi connectivity index (χ0) is 24.7. The Kier molecular flexibility index (Phi) is 8.43. The van der Waals surface area contributed by atoms with Gasteiger partial charge in [0.15, 0.2) is 0 Å². The summed E-state index contributed by atoms with van der Waals surface area (Å²) in [4.78, 5) is 29.3. The first-order chi connectivity index (χ1) is 16.3. The van der Waals surface area contributed by atoms with Crippen molar-refractivity contribution >= 4 is 35.1 Å². The van der Waals surface area contributed by atoms with Crippen molar-refractivity contribution in [1.82, 2.24) is 15.1 Å². The Bertz CT molecular complexity index is 1200. The Labute approximate surface area is 204 Å². The molecule has 0 aliphatic rings. The molecular weight excluding hydrogens is 454 g/mol. The highest BCUT2D eigenvalue weighted by atomic mass is 35.5. The number of carbonyl (C=O) groups is 2. The van der Waals surface area contributed by atoms with Gasteiger partial charge in [0.2, 0.25) is 5.96 Å². The second-order valence-electron chi connectivity index (χ2n) is 7.64. The maximum absolute atomic E-state index is 12.8. The van der Waals surface area contributed by atoms with Crippen LogP contribution in [0.5, 0.6) is 0 Å². The number of hydrogen-bond donors (Lipinski definition) is 2. The van der Waals surface area contributed by atoms with Crippen LogP contribution < -0.4 is 10.6 Å². The zero-order valence-electron chi connectivity index (χ0n) is 19.7. The number of esters is 1. The number of anilines is 1. The number of aromatic nitrogens is 2. The quantitative estimate of drug-likeness (QED) is 0.298. The number of rotatable bonds is 7. The van der Waals surface area contributed by atoms with E-state index in [0.29, 0.717) is 41.4 Å². The van der Waals surface area contributed by atoms with Crippen molar-refractivity contribution < 1.29 is 14.3 Å². The van der Waals surface area contributed by atoms with E-state index in [9.17, 15) is 9.59 Å². The molecule has 34 heavy (non-hydrogen) atoms. The number of guanidine groups is 1. The Morgan fingerprint density at radius 1 is 1.12 bits per heavy atom. The van der Waals surface area contributed by atoms with Crippen LogP contribution in [0.2, 0.25) is 5.02 Å². The van der Waals surface area contributed by atoms with E-state index in [-0.39, 0.29) is 17.8 Å². The zero-order valence-corrected chi connectivity index (χ0v) is 20.4. The lowest BCUT2D eigenvalue weighted by Crippen LogP contribution is -2.36. The van der Waals surface area contributed by atoms with Crippen LogP contribution in [0.15, 0.2) is 53.5 Å². The number of benzene rings is 2. The van der Waals surface area contributed by atoms with Crippen molar-refractivity contribution in [2.75, 3.05) is 18.5 Å². The number of ether oxygens (including phenoxy) is 1. The molecule has 0 aliphatic heterocycles. The summed E-state index contributed by atoms with van der Waals surface area (Å²) in [6.07, 6.45) is 0.672. The Hall–Kier alpha value is -3.65. The fourth-order valence-corrected chi connectivity index (χ4v) is 3.61. The number of aryl methyl sites for hydroxylation is 2. The van der Waals surface area contributed by atoms with E-state index in [1.165, 1.54) is 0 Å². The molecule has 0 bridgehead atoms. The third-order valence-electron chi connectivity index (χ3n) is 5.27. The van der Waals surface area contributed by atoms with Crippen LogP contribution in [-0.4, -0.2) is 40.8 Å². The van der Waals surface area contributed by atoms with E-state index in [1.54, 1.807) is 55.5 Å². The maximum atomic E-state index is 12.8. The molecule has 0 atom stereocenters. The molecule has 8 nitrogen and oxygen atoms in total. The molecule has 0 saturated heterocycles. The summed E-state index contributed by atoms with van der Waals surface area (Å²) in [6.45, 7) is 6.49. The average Bonchev–Trinajstić information content (AvgIpc) is 3.05. The molecule has 2 aromatic carbocycles. The molecule has 0 fully saturated rings. The molecule has 9 heteroatoms. The molecule has 0 spiro atoms. The highest BCUT2D eigenvalue weighted by Crippen LogP contribution is 2.14. The largest absolute Gasteiger partial charge is 0.462 e. The molecule has 1 heterocycles. The van der Waals surface area contributed by atoms with Crippen molar-refractivity contribution in [1.29, 1.82) is 0 Å². The molecule has 0 radical (unpaired) electrons. The van der Waals surface area contributed by atoms with Gasteiger partial charge in [-0.15, -0.1) is 0 Å². The van der Waals surface area contributed by atoms with Crippen LogP contribution in [0, 0.1) is 13.8 Å². The van der Waals surface area contributed by atoms with Gasteiger partial charge in [-0.25, -0.2) is 4.79 Å². The van der Waals surface area contributed by atoms with Crippen molar-refractivity contribution in [3.05, 3.63) is 81.6 Å². The Morgan fingerprint density at radius 2 is 1.85 bits per heavy atom. The smallest absolute Gasteiger partial charge is 0.338 e. The Balaban J connectivity index is 1.78. The van der Waals surface area contributed by atoms with Crippen LogP contribution in [0.1, 0.15) is 44.6 Å². The first-order valence-corrected chi connectivity index (χ1v) is 11.3. The van der Waals surface area contributed by atoms with E-state index in [2.05, 4.69) is 20.7 Å². The van der Waals surface area contributed by atoms with E-state index >= 15 is 0 Å². The van der Waals surface area contributed by atoms with Gasteiger partial charge in [0.1, 0.15) is 0 Å². The molecule has 1 amide bonds. The van der Waals surface area contributed by atoms with Gasteiger partial charge in [-0.05, 0) is 75.2 Å². The lowest BCUT2D eigenvalue weighted by molar-refractivity contribution is 0.0526. The number of nitrogens with zero attached hydrogens (tertiary/aromatic N) is 3. The van der Waals surface area contributed by atoms with Gasteiger partial charge >= 0.3 is 5.97 Å². The lowest BCUT2D eigenvalue weighted by Gasteiger charge is -2.13. The van der Waals surface area contributed by atoms with Crippen LogP contribution >= 0.6 is 11.6 Å². The van der Waals surface area contributed by atoms with Crippen LogP contribution in [-0.2, 0) is 18.2 Å². The van der Waals surface area contributed by atoms with Gasteiger partial charge in [-0.2, -0.15) is 5.10 Å². The van der Waals surface area contributed by atoms with Gasteiger partial charge in [-0.1, -0.05) is 17.7 Å². The molecule has 3 rings (SSSR count). The van der Waals surface area contributed by atoms with Crippen LogP contribution in [0.4, 0.5) is 5.69 Å². The second kappa shape index (κ2) is 11.5. The molecule has 2 N–H and O–H groups in total. The summed E-state index contributed by atoms with van der Waals surface area (Å²) in [5, 5.41) is 10.9. The number of hydrogen-bond acceptors (Lipinski definition) is 5. The lowest BCUT2D eigenvalue weighted by atomic mass is 10.1. The molecule has 3 aromatic rings. The van der Waals surface area contributed by atoms with E-state index in [1.807, 2.05) is 25.6 Å². The topological polar surface area (TPSA) is 97.6 Å². The summed E-state index contributed by atoms with van der Waals surface area (Å²) >= 11 is 6.03. The molecule has 0 unspecified atom stereocenters. The minimum Gasteiger partial charge on any atom is -0.462 e. The molecule has 178 valence electrons. The number of carbonyl (C=O) groups excluding carboxylic acids is 2. The second-order valence-corrected chi connectivity index (χ2v) is 8.08. The van der Waals surface area contributed by atoms with Crippen molar-refractivity contribution in [2.45, 2.75) is 27.2 Å². The molecule has 0 aliphatic carbocycles. The number of halogens is 1. The summed E-state index contributed by atoms with van der Waals surface area (Å²) in [6, 6.07) is 13.4. The summed E-state index contributed by atoms with van der Waals surface area (Å²) in [5.74, 6) is -0.446. The number of aliphatic imine (C=N–C) groups is 1. The third kappa shape index (κ3) is 6.45. The van der Waals surface area contributed by atoms with E-state index in [0.717, 1.165) is 17.0 Å². The summed E-state index contributed by atoms with van der Waals surface area (Å²) in [5.41, 5.74) is 4.69. The van der Waals surface area contributed by atoms with Crippen LogP contribution in [0.25, 0.3) is 0 Å². The predicted molar refractivity (Wildman–Crippen MR) is 134 cm³/mol. The Morgan fingerprint density at radius 3 is 2.47 bits per heavy atom. The maximum Gasteiger partial charge on any atom is 0.338 e. The predicted octanol–water partition coefficient (Wildman–Crippen LogP) is 4.31. The minimum atomic E-state index is -0.389. The van der Waals surface area contributed by atoms with Crippen molar-refractivity contribution in [3.63, 3.8) is 0 Å². The van der Waals surface area contributed by atoms with Gasteiger partial charge in [0.05, 0.1) is 17.9 Å². The summed E-state index contributed by atoms with van der Waals surface area (Å²) < 4.78 is 6.87. The SMILES string of the molecule is CCOC(=O)c1ccc(NC(=NCCc2c(C)nn(C)c2C)NC(=O)c2cccc(Cl)c2)cc1. The first kappa shape index (κ1) is 25.0. The third-order valence-corrected chi connectivity index (χ3v) is 5.50. The fourth-order valence-electron chi connectivity index (χ4n) is 3.42. The standard InChI is InChI=1S/C25H28ClN5O3/c1-5-34-24(33)18-9-11-21(12-10-18)28-25(29-23(32)19-7-6-8-20(26)15-19)27-14-13-22-16(2)30-31(4)17(22)3/h6-12,15H,5,13-14H2,1-4H3,(H2,27,28,29,32). The monoisotopic (exact) mass is 481 g/mol. The highest BCUT2D eigenvalue weighted by Gasteiger charge is 2.12. The van der Waals surface area contributed by atoms with Crippen molar-refractivity contribution in [3.8, 4) is 0 Å². The fraction of sp³-hybridized carbons (Fsp3) is 0.280. The van der Waals surface area contributed by atoms with Crippen molar-refractivity contribution in [2.24, 2.45) is 12.0 Å². The van der Waals surface area contributed by atoms with Gasteiger partial charge in [-0.3, -0.25) is 19.8 Å². The molecule has 1 aromatic heterocycles. The number of amides is 1. The summed E-state index contributed by atoms with van der Waals surface area (Å²) in [7, 11) is 1.91. The number of nitrogens with one attached hydrogen (secondary N) is 2. The van der Waals surface area contributed by atoms with Crippen LogP contribution in [0.3, 0.4) is 0 Å². The van der Waals surface area contributed by atoms with Gasteiger partial charge in [0.25, 0.3) is 5.91 Å². The van der Waals surface area contributed by atoms with E-state index in [4.69, 9.17) is 16.3 Å². The van der Waals surface area contributed by atoms with E-state index < -0.39 is 0 Å².